The Balaban J connectivity index is 1.49. The van der Waals surface area contributed by atoms with E-state index in [0.717, 1.165) is 11.3 Å². The monoisotopic (exact) mass is 335 g/mol. The normalized spacial score (nSPS) is 19.6. The molecule has 1 aromatic rings. The van der Waals surface area contributed by atoms with E-state index < -0.39 is 0 Å². The van der Waals surface area contributed by atoms with E-state index in [1.807, 2.05) is 24.8 Å². The maximum absolute atomic E-state index is 12.5. The molecule has 0 radical (unpaired) electrons. The van der Waals surface area contributed by atoms with Crippen LogP contribution in [0.1, 0.15) is 21.9 Å². The van der Waals surface area contributed by atoms with Crippen LogP contribution in [0.2, 0.25) is 0 Å². The van der Waals surface area contributed by atoms with Gasteiger partial charge in [0.1, 0.15) is 5.76 Å². The summed E-state index contributed by atoms with van der Waals surface area (Å²) in [6.07, 6.45) is 0. The minimum Gasteiger partial charge on any atom is -0.456 e. The minimum atomic E-state index is -0.0558. The summed E-state index contributed by atoms with van der Waals surface area (Å²) in [5.41, 5.74) is 0.877. The van der Waals surface area contributed by atoms with Gasteiger partial charge in [0.05, 0.1) is 19.8 Å². The first-order valence-corrected chi connectivity index (χ1v) is 8.49. The first-order chi connectivity index (χ1) is 11.5. The van der Waals surface area contributed by atoms with Crippen LogP contribution in [0.25, 0.3) is 0 Å². The van der Waals surface area contributed by atoms with Gasteiger partial charge in [0.25, 0.3) is 5.91 Å². The van der Waals surface area contributed by atoms with Crippen LogP contribution in [0.15, 0.2) is 10.5 Å². The number of morpholine rings is 1. The largest absolute Gasteiger partial charge is 0.456 e. The highest BCUT2D eigenvalue weighted by atomic mass is 16.5. The van der Waals surface area contributed by atoms with Crippen LogP contribution in [0.4, 0.5) is 0 Å². The Morgan fingerprint density at radius 2 is 1.67 bits per heavy atom. The molecule has 0 N–H and O–H groups in total. The summed E-state index contributed by atoms with van der Waals surface area (Å²) < 4.78 is 10.8. The number of furan rings is 1. The van der Waals surface area contributed by atoms with Crippen molar-refractivity contribution in [1.82, 2.24) is 14.7 Å². The lowest BCUT2D eigenvalue weighted by atomic mass is 10.2. The molecule has 0 spiro atoms. The molecule has 1 aromatic heterocycles. The third-order valence-electron chi connectivity index (χ3n) is 4.62. The molecule has 2 amide bonds. The molecule has 3 heterocycles. The molecule has 2 aliphatic heterocycles. The van der Waals surface area contributed by atoms with Crippen molar-refractivity contribution >= 4 is 11.8 Å². The highest BCUT2D eigenvalue weighted by Gasteiger charge is 2.27. The van der Waals surface area contributed by atoms with Gasteiger partial charge in [-0.15, -0.1) is 0 Å². The minimum absolute atomic E-state index is 0.0558. The zero-order chi connectivity index (χ0) is 17.1. The maximum Gasteiger partial charge on any atom is 0.289 e. The van der Waals surface area contributed by atoms with E-state index >= 15 is 0 Å². The summed E-state index contributed by atoms with van der Waals surface area (Å²) in [5.74, 6) is 1.28. The van der Waals surface area contributed by atoms with Crippen LogP contribution in [0, 0.1) is 13.8 Å². The van der Waals surface area contributed by atoms with E-state index in [9.17, 15) is 9.59 Å². The lowest BCUT2D eigenvalue weighted by Gasteiger charge is -2.35. The molecule has 0 aromatic carbocycles. The number of piperazine rings is 1. The van der Waals surface area contributed by atoms with Gasteiger partial charge in [-0.3, -0.25) is 14.5 Å². The highest BCUT2D eigenvalue weighted by molar-refractivity contribution is 5.93. The number of amides is 2. The number of carbonyl (C=O) groups is 2. The average Bonchev–Trinajstić information content (AvgIpc) is 2.94. The molecule has 3 rings (SSSR count). The van der Waals surface area contributed by atoms with Crippen LogP contribution in [0.3, 0.4) is 0 Å². The summed E-state index contributed by atoms with van der Waals surface area (Å²) in [6.45, 7) is 9.40. The molecule has 2 fully saturated rings. The highest BCUT2D eigenvalue weighted by Crippen LogP contribution is 2.17. The lowest BCUT2D eigenvalue weighted by molar-refractivity contribution is -0.136. The molecule has 0 bridgehead atoms. The smallest absolute Gasteiger partial charge is 0.289 e. The molecular weight excluding hydrogens is 310 g/mol. The number of nitrogens with zero attached hydrogens (tertiary/aromatic N) is 3. The van der Waals surface area contributed by atoms with Crippen LogP contribution >= 0.6 is 0 Å². The van der Waals surface area contributed by atoms with Gasteiger partial charge in [0.2, 0.25) is 5.91 Å². The number of hydrogen-bond donors (Lipinski definition) is 0. The average molecular weight is 335 g/mol. The van der Waals surface area contributed by atoms with Gasteiger partial charge in [-0.1, -0.05) is 0 Å². The van der Waals surface area contributed by atoms with E-state index in [1.165, 1.54) is 0 Å². The van der Waals surface area contributed by atoms with Crippen LogP contribution in [0.5, 0.6) is 0 Å². The summed E-state index contributed by atoms with van der Waals surface area (Å²) in [5, 5.41) is 0. The molecular formula is C17H25N3O4. The second-order valence-corrected chi connectivity index (χ2v) is 6.43. The van der Waals surface area contributed by atoms with E-state index in [4.69, 9.17) is 9.15 Å². The molecule has 0 saturated carbocycles. The third-order valence-corrected chi connectivity index (χ3v) is 4.62. The van der Waals surface area contributed by atoms with Crippen molar-refractivity contribution in [2.45, 2.75) is 13.8 Å². The molecule has 24 heavy (non-hydrogen) atoms. The zero-order valence-electron chi connectivity index (χ0n) is 14.4. The van der Waals surface area contributed by atoms with Gasteiger partial charge in [-0.2, -0.15) is 0 Å². The number of aryl methyl sites for hydroxylation is 2. The van der Waals surface area contributed by atoms with E-state index in [-0.39, 0.29) is 11.8 Å². The second kappa shape index (κ2) is 7.36. The van der Waals surface area contributed by atoms with Crippen LogP contribution in [-0.4, -0.2) is 85.5 Å². The molecule has 0 unspecified atom stereocenters. The SMILES string of the molecule is Cc1cc(C)c(C(=O)N2CCN(CC(=O)N3CCOCC3)CC2)o1. The van der Waals surface area contributed by atoms with Gasteiger partial charge in [-0.25, -0.2) is 0 Å². The van der Waals surface area contributed by atoms with Crippen molar-refractivity contribution in [1.29, 1.82) is 0 Å². The molecule has 0 aliphatic carbocycles. The third kappa shape index (κ3) is 3.79. The Hall–Kier alpha value is -1.86. The van der Waals surface area contributed by atoms with Crippen molar-refractivity contribution in [3.05, 3.63) is 23.2 Å². The molecule has 132 valence electrons. The molecule has 0 atom stereocenters. The lowest BCUT2D eigenvalue weighted by Crippen LogP contribution is -2.52. The Kier molecular flexibility index (Phi) is 5.20. The number of ether oxygens (including phenoxy) is 1. The zero-order valence-corrected chi connectivity index (χ0v) is 14.4. The van der Waals surface area contributed by atoms with E-state index in [2.05, 4.69) is 4.90 Å². The predicted octanol–water partition coefficient (Wildman–Crippen LogP) is 0.513. The first-order valence-electron chi connectivity index (χ1n) is 8.49. The number of carbonyl (C=O) groups excluding carboxylic acids is 2. The van der Waals surface area contributed by atoms with Gasteiger partial charge < -0.3 is 19.0 Å². The van der Waals surface area contributed by atoms with Crippen molar-refractivity contribution in [3.63, 3.8) is 0 Å². The van der Waals surface area contributed by atoms with Crippen LogP contribution < -0.4 is 0 Å². The van der Waals surface area contributed by atoms with Gasteiger partial charge in [0.15, 0.2) is 5.76 Å². The Morgan fingerprint density at radius 3 is 2.25 bits per heavy atom. The number of rotatable bonds is 3. The van der Waals surface area contributed by atoms with E-state index in [0.29, 0.717) is 64.8 Å². The maximum atomic E-state index is 12.5. The summed E-state index contributed by atoms with van der Waals surface area (Å²) in [6, 6.07) is 1.88. The van der Waals surface area contributed by atoms with Gasteiger partial charge >= 0.3 is 0 Å². The predicted molar refractivity (Wildman–Crippen MR) is 87.9 cm³/mol. The number of hydrogen-bond acceptors (Lipinski definition) is 5. The fourth-order valence-corrected chi connectivity index (χ4v) is 3.21. The first kappa shape index (κ1) is 17.0. The molecule has 7 nitrogen and oxygen atoms in total. The summed E-state index contributed by atoms with van der Waals surface area (Å²) >= 11 is 0. The van der Waals surface area contributed by atoms with Crippen molar-refractivity contribution in [3.8, 4) is 0 Å². The Bertz CT molecular complexity index is 599. The summed E-state index contributed by atoms with van der Waals surface area (Å²) in [4.78, 5) is 30.6. The Labute approximate surface area is 142 Å². The molecule has 2 saturated heterocycles. The van der Waals surface area contributed by atoms with E-state index in [1.54, 1.807) is 4.90 Å². The topological polar surface area (TPSA) is 66.2 Å². The standard InChI is InChI=1S/C17H25N3O4/c1-13-11-14(2)24-16(13)17(22)20-5-3-18(4-6-20)12-15(21)19-7-9-23-10-8-19/h11H,3-10,12H2,1-2H3. The molecule has 7 heteroatoms. The van der Waals surface area contributed by atoms with Crippen molar-refractivity contribution in [2.24, 2.45) is 0 Å². The quantitative estimate of drug-likeness (QED) is 0.805. The Morgan fingerprint density at radius 1 is 1.00 bits per heavy atom. The van der Waals surface area contributed by atoms with Crippen LogP contribution in [-0.2, 0) is 9.53 Å². The molecule has 2 aliphatic rings. The van der Waals surface area contributed by atoms with Crippen molar-refractivity contribution in [2.75, 3.05) is 59.0 Å². The summed E-state index contributed by atoms with van der Waals surface area (Å²) in [7, 11) is 0. The fourth-order valence-electron chi connectivity index (χ4n) is 3.21. The van der Waals surface area contributed by atoms with Gasteiger partial charge in [-0.05, 0) is 19.9 Å². The fraction of sp³-hybridized carbons (Fsp3) is 0.647. The van der Waals surface area contributed by atoms with Gasteiger partial charge in [0, 0.05) is 44.8 Å². The second-order valence-electron chi connectivity index (χ2n) is 6.43. The van der Waals surface area contributed by atoms with Crippen molar-refractivity contribution < 1.29 is 18.7 Å².